The molecule has 2 N–H and O–H groups in total. The lowest BCUT2D eigenvalue weighted by Crippen LogP contribution is -2.44. The number of rotatable bonds is 9. The van der Waals surface area contributed by atoms with Gasteiger partial charge in [0.15, 0.2) is 13.2 Å². The fourth-order valence-corrected chi connectivity index (χ4v) is 4.43. The number of hydrogen-bond donors (Lipinski definition) is 2. The Labute approximate surface area is 248 Å². The normalized spacial score (nSPS) is 12.8. The molecule has 0 saturated heterocycles. The number of imide groups is 1. The number of aryl methyl sites for hydroxylation is 4. The molecule has 1 heterocycles. The molecule has 0 saturated carbocycles. The number of nitrogens with zero attached hydrogens (tertiary/aromatic N) is 1. The van der Waals surface area contributed by atoms with E-state index in [0.29, 0.717) is 16.3 Å². The quantitative estimate of drug-likeness (QED) is 0.284. The Hall–Kier alpha value is -5.32. The van der Waals surface area contributed by atoms with E-state index in [-0.39, 0.29) is 16.7 Å². The van der Waals surface area contributed by atoms with Crippen molar-refractivity contribution in [1.82, 2.24) is 4.90 Å². The second-order valence-electron chi connectivity index (χ2n) is 10.3. The molecule has 0 spiro atoms. The van der Waals surface area contributed by atoms with Crippen LogP contribution < -0.4 is 10.6 Å². The van der Waals surface area contributed by atoms with Gasteiger partial charge >= 0.3 is 11.9 Å². The highest BCUT2D eigenvalue weighted by Gasteiger charge is 2.42. The molecule has 222 valence electrons. The minimum absolute atomic E-state index is 0.0125. The first-order valence-corrected chi connectivity index (χ1v) is 13.5. The van der Waals surface area contributed by atoms with Crippen LogP contribution in [0.3, 0.4) is 0 Å². The van der Waals surface area contributed by atoms with E-state index in [2.05, 4.69) is 10.6 Å². The second kappa shape index (κ2) is 12.7. The summed E-state index contributed by atoms with van der Waals surface area (Å²) in [5.74, 6) is -4.53. The van der Waals surface area contributed by atoms with E-state index in [9.17, 15) is 28.8 Å². The number of benzene rings is 3. The lowest BCUT2D eigenvalue weighted by atomic mass is 10.1. The molecule has 0 radical (unpaired) electrons. The Morgan fingerprint density at radius 1 is 0.698 bits per heavy atom. The zero-order chi connectivity index (χ0) is 31.4. The maximum absolute atomic E-state index is 13.1. The molecule has 0 aliphatic carbocycles. The molecular weight excluding hydrogens is 554 g/mol. The van der Waals surface area contributed by atoms with Crippen molar-refractivity contribution in [2.24, 2.45) is 0 Å². The summed E-state index contributed by atoms with van der Waals surface area (Å²) in [7, 11) is 0. The van der Waals surface area contributed by atoms with Gasteiger partial charge < -0.3 is 20.1 Å². The van der Waals surface area contributed by atoms with Crippen molar-refractivity contribution in [2.75, 3.05) is 23.8 Å². The molecule has 1 atom stereocenters. The Bertz CT molecular complexity index is 1660. The first kappa shape index (κ1) is 30.6. The number of esters is 2. The molecule has 3 aromatic rings. The van der Waals surface area contributed by atoms with E-state index in [1.165, 1.54) is 25.1 Å². The zero-order valence-corrected chi connectivity index (χ0v) is 24.4. The average molecular weight is 586 g/mol. The number of carbonyl (C=O) groups is 6. The fourth-order valence-electron chi connectivity index (χ4n) is 4.43. The summed E-state index contributed by atoms with van der Waals surface area (Å²) in [6.45, 7) is 7.52. The number of hydrogen-bond acceptors (Lipinski definition) is 8. The van der Waals surface area contributed by atoms with Crippen LogP contribution in [0.15, 0.2) is 54.6 Å². The SMILES string of the molecule is Cc1ccc(C)c(NC(=O)COC(=O)c2ccc3c(c2)C(=O)N(C(C)C(=O)OCC(=O)Nc2cc(C)ccc2C)C3=O)c1. The van der Waals surface area contributed by atoms with Gasteiger partial charge in [0.1, 0.15) is 6.04 Å². The summed E-state index contributed by atoms with van der Waals surface area (Å²) in [4.78, 5) is 76.8. The molecule has 4 amide bonds. The van der Waals surface area contributed by atoms with Gasteiger partial charge in [0, 0.05) is 11.4 Å². The summed E-state index contributed by atoms with van der Waals surface area (Å²) < 4.78 is 10.2. The van der Waals surface area contributed by atoms with Crippen molar-refractivity contribution in [3.05, 3.63) is 93.5 Å². The summed E-state index contributed by atoms with van der Waals surface area (Å²) in [5.41, 5.74) is 4.55. The summed E-state index contributed by atoms with van der Waals surface area (Å²) in [6, 6.07) is 13.5. The number of ether oxygens (including phenoxy) is 2. The van der Waals surface area contributed by atoms with Crippen LogP contribution in [-0.2, 0) is 23.9 Å². The summed E-state index contributed by atoms with van der Waals surface area (Å²) in [6.07, 6.45) is 0. The smallest absolute Gasteiger partial charge is 0.338 e. The highest BCUT2D eigenvalue weighted by molar-refractivity contribution is 6.23. The molecule has 4 rings (SSSR count). The number of carbonyl (C=O) groups excluding carboxylic acids is 6. The van der Waals surface area contributed by atoms with Gasteiger partial charge in [-0.15, -0.1) is 0 Å². The number of nitrogens with one attached hydrogen (secondary N) is 2. The van der Waals surface area contributed by atoms with E-state index >= 15 is 0 Å². The van der Waals surface area contributed by atoms with E-state index < -0.39 is 54.8 Å². The lowest BCUT2D eigenvalue weighted by molar-refractivity contribution is -0.150. The molecular formula is C32H31N3O8. The number of amides is 4. The maximum atomic E-state index is 13.1. The fraction of sp³-hybridized carbons (Fsp3) is 0.250. The van der Waals surface area contributed by atoms with Crippen LogP contribution in [0.5, 0.6) is 0 Å². The highest BCUT2D eigenvalue weighted by Crippen LogP contribution is 2.27. The highest BCUT2D eigenvalue weighted by atomic mass is 16.5. The Morgan fingerprint density at radius 2 is 1.21 bits per heavy atom. The van der Waals surface area contributed by atoms with Crippen LogP contribution in [0.2, 0.25) is 0 Å². The van der Waals surface area contributed by atoms with Gasteiger partial charge in [-0.05, 0) is 87.2 Å². The lowest BCUT2D eigenvalue weighted by Gasteiger charge is -2.20. The van der Waals surface area contributed by atoms with Crippen molar-refractivity contribution < 1.29 is 38.2 Å². The Balaban J connectivity index is 1.34. The predicted octanol–water partition coefficient (Wildman–Crippen LogP) is 3.88. The van der Waals surface area contributed by atoms with Gasteiger partial charge in [-0.25, -0.2) is 9.59 Å². The van der Waals surface area contributed by atoms with Crippen molar-refractivity contribution >= 4 is 46.9 Å². The van der Waals surface area contributed by atoms with Crippen LogP contribution in [0.25, 0.3) is 0 Å². The topological polar surface area (TPSA) is 148 Å². The Kier molecular flexibility index (Phi) is 9.03. The van der Waals surface area contributed by atoms with Crippen LogP contribution in [0.1, 0.15) is 60.3 Å². The van der Waals surface area contributed by atoms with Crippen molar-refractivity contribution in [2.45, 2.75) is 40.7 Å². The van der Waals surface area contributed by atoms with Crippen LogP contribution >= 0.6 is 0 Å². The van der Waals surface area contributed by atoms with Gasteiger partial charge in [-0.2, -0.15) is 0 Å². The van der Waals surface area contributed by atoms with E-state index in [1.807, 2.05) is 52.0 Å². The minimum Gasteiger partial charge on any atom is -0.454 e. The molecule has 0 fully saturated rings. The molecule has 3 aromatic carbocycles. The average Bonchev–Trinajstić information content (AvgIpc) is 3.22. The first-order valence-electron chi connectivity index (χ1n) is 13.5. The van der Waals surface area contributed by atoms with Crippen molar-refractivity contribution in [3.63, 3.8) is 0 Å². The maximum Gasteiger partial charge on any atom is 0.338 e. The van der Waals surface area contributed by atoms with Crippen LogP contribution in [-0.4, -0.2) is 59.7 Å². The third-order valence-electron chi connectivity index (χ3n) is 6.90. The standard InChI is InChI=1S/C32H31N3O8/c1-17-6-8-19(3)25(12-17)33-27(36)15-42-31(40)21(5)35-29(38)23-11-10-22(14-24(23)30(35)39)32(41)43-16-28(37)34-26-13-18(2)7-9-20(26)4/h6-14,21H,15-16H2,1-5H3,(H,33,36)(H,34,37). The monoisotopic (exact) mass is 585 g/mol. The molecule has 11 nitrogen and oxygen atoms in total. The van der Waals surface area contributed by atoms with E-state index in [1.54, 1.807) is 12.1 Å². The van der Waals surface area contributed by atoms with Gasteiger partial charge in [0.05, 0.1) is 16.7 Å². The predicted molar refractivity (Wildman–Crippen MR) is 157 cm³/mol. The molecule has 1 unspecified atom stereocenters. The molecule has 43 heavy (non-hydrogen) atoms. The molecule has 1 aliphatic heterocycles. The van der Waals surface area contributed by atoms with E-state index in [0.717, 1.165) is 22.3 Å². The summed E-state index contributed by atoms with van der Waals surface area (Å²) >= 11 is 0. The molecule has 1 aliphatic rings. The largest absolute Gasteiger partial charge is 0.454 e. The number of fused-ring (bicyclic) bond motifs is 1. The van der Waals surface area contributed by atoms with Crippen LogP contribution in [0, 0.1) is 27.7 Å². The van der Waals surface area contributed by atoms with E-state index in [4.69, 9.17) is 9.47 Å². The second-order valence-corrected chi connectivity index (χ2v) is 10.3. The molecule has 0 aromatic heterocycles. The summed E-state index contributed by atoms with van der Waals surface area (Å²) in [5, 5.41) is 5.35. The van der Waals surface area contributed by atoms with Gasteiger partial charge in [0.2, 0.25) is 0 Å². The number of anilines is 2. The first-order chi connectivity index (χ1) is 20.3. The minimum atomic E-state index is -1.34. The Morgan fingerprint density at radius 3 is 1.77 bits per heavy atom. The van der Waals surface area contributed by atoms with Gasteiger partial charge in [-0.3, -0.25) is 24.1 Å². The van der Waals surface area contributed by atoms with Gasteiger partial charge in [0.25, 0.3) is 23.6 Å². The van der Waals surface area contributed by atoms with Crippen molar-refractivity contribution in [1.29, 1.82) is 0 Å². The third-order valence-corrected chi connectivity index (χ3v) is 6.90. The zero-order valence-electron chi connectivity index (χ0n) is 24.4. The third kappa shape index (κ3) is 6.95. The molecule has 0 bridgehead atoms. The van der Waals surface area contributed by atoms with Crippen LogP contribution in [0.4, 0.5) is 11.4 Å². The van der Waals surface area contributed by atoms with Gasteiger partial charge in [-0.1, -0.05) is 24.3 Å². The van der Waals surface area contributed by atoms with Crippen molar-refractivity contribution in [3.8, 4) is 0 Å². The molecule has 11 heteroatoms.